The van der Waals surface area contributed by atoms with E-state index in [0.29, 0.717) is 5.75 Å². The van der Waals surface area contributed by atoms with Crippen LogP contribution in [0.2, 0.25) is 0 Å². The summed E-state index contributed by atoms with van der Waals surface area (Å²) in [6.45, 7) is -0.121. The standard InChI is InChI=1S/C16H15N7O3/c1-26-13-4-2-12(3-5-13)10-19-15-14(23(24)25)16(21-11-20-15)22(8-6-17)9-7-18/h2-5,11H,8-10H2,1H3,(H,19,20,21). The number of anilines is 2. The first-order valence-corrected chi connectivity index (χ1v) is 7.45. The molecule has 0 bridgehead atoms. The van der Waals surface area contributed by atoms with Gasteiger partial charge in [0, 0.05) is 6.54 Å². The molecule has 1 heterocycles. The number of nitriles is 2. The van der Waals surface area contributed by atoms with Crippen LogP contribution in [0.25, 0.3) is 0 Å². The smallest absolute Gasteiger partial charge is 0.353 e. The first kappa shape index (κ1) is 18.4. The van der Waals surface area contributed by atoms with Gasteiger partial charge in [-0.05, 0) is 17.7 Å². The minimum absolute atomic E-state index is 0.0108. The van der Waals surface area contributed by atoms with E-state index in [2.05, 4.69) is 15.3 Å². The Morgan fingerprint density at radius 3 is 2.42 bits per heavy atom. The van der Waals surface area contributed by atoms with Gasteiger partial charge in [-0.15, -0.1) is 0 Å². The van der Waals surface area contributed by atoms with Gasteiger partial charge >= 0.3 is 5.69 Å². The summed E-state index contributed by atoms with van der Waals surface area (Å²) >= 11 is 0. The summed E-state index contributed by atoms with van der Waals surface area (Å²) in [6, 6.07) is 10.9. The van der Waals surface area contributed by atoms with Crippen LogP contribution in [-0.2, 0) is 6.54 Å². The first-order valence-electron chi connectivity index (χ1n) is 7.45. The summed E-state index contributed by atoms with van der Waals surface area (Å²) in [6.07, 6.45) is 1.15. The molecule has 0 unspecified atom stereocenters. The van der Waals surface area contributed by atoms with E-state index in [1.807, 2.05) is 24.3 Å². The summed E-state index contributed by atoms with van der Waals surface area (Å²) in [7, 11) is 1.56. The summed E-state index contributed by atoms with van der Waals surface area (Å²) < 4.78 is 5.08. The molecule has 1 N–H and O–H groups in total. The van der Waals surface area contributed by atoms with E-state index >= 15 is 0 Å². The number of nitrogens with zero attached hydrogens (tertiary/aromatic N) is 6. The van der Waals surface area contributed by atoms with E-state index in [9.17, 15) is 10.1 Å². The van der Waals surface area contributed by atoms with Crippen LogP contribution in [0.15, 0.2) is 30.6 Å². The lowest BCUT2D eigenvalue weighted by Gasteiger charge is -2.17. The third-order valence-corrected chi connectivity index (χ3v) is 3.43. The van der Waals surface area contributed by atoms with Gasteiger partial charge in [-0.2, -0.15) is 10.5 Å². The molecule has 0 atom stereocenters. The molecule has 0 spiro atoms. The van der Waals surface area contributed by atoms with Crippen molar-refractivity contribution in [1.29, 1.82) is 10.5 Å². The largest absolute Gasteiger partial charge is 0.497 e. The molecule has 26 heavy (non-hydrogen) atoms. The van der Waals surface area contributed by atoms with Gasteiger partial charge in [-0.1, -0.05) is 12.1 Å². The van der Waals surface area contributed by atoms with Gasteiger partial charge in [-0.3, -0.25) is 10.1 Å². The third-order valence-electron chi connectivity index (χ3n) is 3.43. The number of ether oxygens (including phenoxy) is 1. The van der Waals surface area contributed by atoms with E-state index in [0.717, 1.165) is 11.9 Å². The molecule has 1 aromatic carbocycles. The number of nitro groups is 1. The Bertz CT molecular complexity index is 840. The van der Waals surface area contributed by atoms with Gasteiger partial charge < -0.3 is 15.0 Å². The molecular formula is C16H15N7O3. The average Bonchev–Trinajstić information content (AvgIpc) is 2.66. The zero-order chi connectivity index (χ0) is 18.9. The van der Waals surface area contributed by atoms with Gasteiger partial charge in [0.05, 0.1) is 24.2 Å². The lowest BCUT2D eigenvalue weighted by molar-refractivity contribution is -0.383. The minimum Gasteiger partial charge on any atom is -0.497 e. The molecule has 0 aliphatic carbocycles. The van der Waals surface area contributed by atoms with E-state index in [4.69, 9.17) is 15.3 Å². The molecule has 1 aromatic heterocycles. The fourth-order valence-corrected chi connectivity index (χ4v) is 2.20. The van der Waals surface area contributed by atoms with E-state index in [1.54, 1.807) is 19.2 Å². The monoisotopic (exact) mass is 353 g/mol. The predicted octanol–water partition coefficient (Wildman–Crippen LogP) is 1.86. The van der Waals surface area contributed by atoms with Crippen molar-refractivity contribution in [1.82, 2.24) is 9.97 Å². The zero-order valence-corrected chi connectivity index (χ0v) is 13.9. The second-order valence-corrected chi connectivity index (χ2v) is 5.03. The van der Waals surface area contributed by atoms with Gasteiger partial charge in [0.15, 0.2) is 0 Å². The van der Waals surface area contributed by atoms with Crippen LogP contribution in [-0.4, -0.2) is 35.1 Å². The van der Waals surface area contributed by atoms with Gasteiger partial charge in [-0.25, -0.2) is 9.97 Å². The van der Waals surface area contributed by atoms with Gasteiger partial charge in [0.1, 0.15) is 25.2 Å². The lowest BCUT2D eigenvalue weighted by Crippen LogP contribution is -2.26. The summed E-state index contributed by atoms with van der Waals surface area (Å²) in [5, 5.41) is 32.2. The number of rotatable bonds is 8. The minimum atomic E-state index is -0.632. The number of methoxy groups -OCH3 is 1. The summed E-state index contributed by atoms with van der Waals surface area (Å²) in [4.78, 5) is 19.9. The fraction of sp³-hybridized carbons (Fsp3) is 0.250. The highest BCUT2D eigenvalue weighted by molar-refractivity contribution is 5.70. The number of aromatic nitrogens is 2. The molecule has 0 radical (unpaired) electrons. The zero-order valence-electron chi connectivity index (χ0n) is 13.9. The van der Waals surface area contributed by atoms with E-state index in [1.165, 1.54) is 4.90 Å². The maximum absolute atomic E-state index is 11.5. The number of benzene rings is 1. The molecule has 10 nitrogen and oxygen atoms in total. The second-order valence-electron chi connectivity index (χ2n) is 5.03. The quantitative estimate of drug-likeness (QED) is 0.427. The Kier molecular flexibility index (Phi) is 6.23. The molecule has 0 amide bonds. The Morgan fingerprint density at radius 1 is 1.23 bits per heavy atom. The Balaban J connectivity index is 2.30. The van der Waals surface area contributed by atoms with Crippen molar-refractivity contribution in [3.8, 4) is 17.9 Å². The van der Waals surface area contributed by atoms with Crippen LogP contribution in [0.4, 0.5) is 17.3 Å². The van der Waals surface area contributed by atoms with Crippen molar-refractivity contribution in [2.24, 2.45) is 0 Å². The highest BCUT2D eigenvalue weighted by Crippen LogP contribution is 2.31. The Labute approximate surface area is 149 Å². The van der Waals surface area contributed by atoms with Crippen LogP contribution in [0.5, 0.6) is 5.75 Å². The van der Waals surface area contributed by atoms with E-state index < -0.39 is 4.92 Å². The molecule has 0 aliphatic heterocycles. The summed E-state index contributed by atoms with van der Waals surface area (Å²) in [5.74, 6) is 0.634. The average molecular weight is 353 g/mol. The van der Waals surface area contributed by atoms with Crippen molar-refractivity contribution >= 4 is 17.3 Å². The topological polar surface area (TPSA) is 141 Å². The fourth-order valence-electron chi connectivity index (χ4n) is 2.20. The van der Waals surface area contributed by atoms with Crippen LogP contribution >= 0.6 is 0 Å². The van der Waals surface area contributed by atoms with Crippen LogP contribution in [0.3, 0.4) is 0 Å². The van der Waals surface area contributed by atoms with Crippen LogP contribution < -0.4 is 15.0 Å². The molecular weight excluding hydrogens is 338 g/mol. The van der Waals surface area contributed by atoms with Crippen molar-refractivity contribution in [2.75, 3.05) is 30.4 Å². The number of hydrogen-bond acceptors (Lipinski definition) is 9. The molecule has 2 aromatic rings. The van der Waals surface area contributed by atoms with Gasteiger partial charge in [0.2, 0.25) is 11.6 Å². The highest BCUT2D eigenvalue weighted by Gasteiger charge is 2.26. The lowest BCUT2D eigenvalue weighted by atomic mass is 10.2. The molecule has 0 fully saturated rings. The van der Waals surface area contributed by atoms with Crippen molar-refractivity contribution in [3.05, 3.63) is 46.3 Å². The first-order chi connectivity index (χ1) is 12.6. The predicted molar refractivity (Wildman–Crippen MR) is 92.4 cm³/mol. The maximum atomic E-state index is 11.5. The second kappa shape index (κ2) is 8.80. The maximum Gasteiger partial charge on any atom is 0.353 e. The summed E-state index contributed by atoms with van der Waals surface area (Å²) in [5.41, 5.74) is 0.484. The van der Waals surface area contributed by atoms with Gasteiger partial charge in [0.25, 0.3) is 0 Å². The van der Waals surface area contributed by atoms with Crippen LogP contribution in [0, 0.1) is 32.8 Å². The normalized spacial score (nSPS) is 9.65. The van der Waals surface area contributed by atoms with Crippen molar-refractivity contribution in [2.45, 2.75) is 6.54 Å². The SMILES string of the molecule is COc1ccc(CNc2ncnc(N(CC#N)CC#N)c2[N+](=O)[O-])cc1. The molecule has 2 rings (SSSR count). The molecule has 0 saturated carbocycles. The van der Waals surface area contributed by atoms with Crippen LogP contribution in [0.1, 0.15) is 5.56 Å². The molecule has 0 saturated heterocycles. The van der Waals surface area contributed by atoms with Crippen molar-refractivity contribution in [3.63, 3.8) is 0 Å². The van der Waals surface area contributed by atoms with Crippen molar-refractivity contribution < 1.29 is 9.66 Å². The van der Waals surface area contributed by atoms with E-state index in [-0.39, 0.29) is 37.0 Å². The Hall–Kier alpha value is -3.92. The highest BCUT2D eigenvalue weighted by atomic mass is 16.6. The Morgan fingerprint density at radius 2 is 1.88 bits per heavy atom. The molecule has 10 heteroatoms. The third kappa shape index (κ3) is 4.33. The molecule has 0 aliphatic rings. The molecule has 132 valence electrons. The number of hydrogen-bond donors (Lipinski definition) is 1. The number of nitrogens with one attached hydrogen (secondary N) is 1.